The summed E-state index contributed by atoms with van der Waals surface area (Å²) in [5.41, 5.74) is 1.08. The van der Waals surface area contributed by atoms with E-state index >= 15 is 0 Å². The van der Waals surface area contributed by atoms with Crippen molar-refractivity contribution >= 4 is 0 Å². The lowest BCUT2D eigenvalue weighted by Gasteiger charge is -2.16. The summed E-state index contributed by atoms with van der Waals surface area (Å²) >= 11 is 0. The third-order valence-electron chi connectivity index (χ3n) is 3.24. The Bertz CT molecular complexity index is 362. The summed E-state index contributed by atoms with van der Waals surface area (Å²) in [6.45, 7) is 4.05. The number of phenolic OH excluding ortho intramolecular Hbond substituents is 1. The van der Waals surface area contributed by atoms with Crippen LogP contribution in [0.1, 0.15) is 31.7 Å². The highest BCUT2D eigenvalue weighted by atomic mass is 16.5. The van der Waals surface area contributed by atoms with Gasteiger partial charge in [0.1, 0.15) is 0 Å². The summed E-state index contributed by atoms with van der Waals surface area (Å²) in [6, 6.07) is 5.36. The van der Waals surface area contributed by atoms with Gasteiger partial charge in [0.25, 0.3) is 0 Å². The molecule has 0 aromatic heterocycles. The number of nitrogens with one attached hydrogen (secondary N) is 1. The molecule has 4 nitrogen and oxygen atoms in total. The fraction of sp³-hybridized carbons (Fsp3) is 0.600. The van der Waals surface area contributed by atoms with Gasteiger partial charge in [-0.05, 0) is 43.0 Å². The van der Waals surface area contributed by atoms with Crippen molar-refractivity contribution in [3.8, 4) is 11.5 Å². The third kappa shape index (κ3) is 5.49. The zero-order valence-corrected chi connectivity index (χ0v) is 11.9. The Morgan fingerprint density at radius 3 is 2.74 bits per heavy atom. The minimum atomic E-state index is 0.162. The van der Waals surface area contributed by atoms with Gasteiger partial charge < -0.3 is 20.3 Å². The molecule has 0 aliphatic heterocycles. The summed E-state index contributed by atoms with van der Waals surface area (Å²) in [7, 11) is 1.55. The molecule has 3 N–H and O–H groups in total. The molecule has 0 saturated carbocycles. The van der Waals surface area contributed by atoms with Gasteiger partial charge in [-0.2, -0.15) is 0 Å². The van der Waals surface area contributed by atoms with E-state index in [2.05, 4.69) is 12.2 Å². The molecule has 0 spiro atoms. The van der Waals surface area contributed by atoms with Crippen LogP contribution in [0.15, 0.2) is 18.2 Å². The second-order valence-corrected chi connectivity index (χ2v) is 4.80. The number of phenols is 1. The fourth-order valence-electron chi connectivity index (χ4n) is 2.19. The molecule has 1 rings (SSSR count). The van der Waals surface area contributed by atoms with Gasteiger partial charge in [-0.25, -0.2) is 0 Å². The van der Waals surface area contributed by atoms with Gasteiger partial charge in [0.2, 0.25) is 0 Å². The average molecular weight is 267 g/mol. The summed E-state index contributed by atoms with van der Waals surface area (Å²) < 4.78 is 5.08. The van der Waals surface area contributed by atoms with Crippen molar-refractivity contribution in [1.29, 1.82) is 0 Å². The Labute approximate surface area is 115 Å². The average Bonchev–Trinajstić information content (AvgIpc) is 2.41. The van der Waals surface area contributed by atoms with E-state index in [1.807, 2.05) is 12.1 Å². The summed E-state index contributed by atoms with van der Waals surface area (Å²) in [5.74, 6) is 1.18. The molecule has 1 atom stereocenters. The monoisotopic (exact) mass is 267 g/mol. The van der Waals surface area contributed by atoms with Gasteiger partial charge >= 0.3 is 0 Å². The van der Waals surface area contributed by atoms with E-state index in [0.717, 1.165) is 37.9 Å². The first-order valence-electron chi connectivity index (χ1n) is 6.88. The molecule has 0 amide bonds. The largest absolute Gasteiger partial charge is 0.504 e. The number of aliphatic hydroxyl groups is 1. The van der Waals surface area contributed by atoms with E-state index in [0.29, 0.717) is 11.7 Å². The predicted octanol–water partition coefficient (Wildman–Crippen LogP) is 2.29. The van der Waals surface area contributed by atoms with Gasteiger partial charge in [-0.15, -0.1) is 0 Å². The number of ether oxygens (including phenoxy) is 1. The highest BCUT2D eigenvalue weighted by molar-refractivity contribution is 5.41. The van der Waals surface area contributed by atoms with Crippen molar-refractivity contribution in [3.05, 3.63) is 23.8 Å². The molecule has 1 aromatic carbocycles. The third-order valence-corrected chi connectivity index (χ3v) is 3.24. The lowest BCUT2D eigenvalue weighted by atomic mass is 10.0. The van der Waals surface area contributed by atoms with Crippen molar-refractivity contribution in [1.82, 2.24) is 5.32 Å². The number of methoxy groups -OCH3 is 1. The molecule has 0 fully saturated rings. The molecule has 0 heterocycles. The minimum Gasteiger partial charge on any atom is -0.504 e. The molecular formula is C15H25NO3. The second kappa shape index (κ2) is 8.77. The second-order valence-electron chi connectivity index (χ2n) is 4.80. The first kappa shape index (κ1) is 15.8. The molecule has 0 bridgehead atoms. The molecule has 1 unspecified atom stereocenters. The van der Waals surface area contributed by atoms with Crippen molar-refractivity contribution in [3.63, 3.8) is 0 Å². The standard InChI is InChI=1S/C15H25NO3/c1-3-4-12(7-8-17)10-16-11-13-5-6-14(18)15(9-13)19-2/h5-6,9,12,16-18H,3-4,7-8,10-11H2,1-2H3. The lowest BCUT2D eigenvalue weighted by molar-refractivity contribution is 0.248. The minimum absolute atomic E-state index is 0.162. The van der Waals surface area contributed by atoms with Crippen LogP contribution in [0.2, 0.25) is 0 Å². The molecule has 4 heteroatoms. The van der Waals surface area contributed by atoms with E-state index in [4.69, 9.17) is 9.84 Å². The van der Waals surface area contributed by atoms with Crippen LogP contribution < -0.4 is 10.1 Å². The maximum Gasteiger partial charge on any atom is 0.160 e. The van der Waals surface area contributed by atoms with Crippen molar-refractivity contribution < 1.29 is 14.9 Å². The fourth-order valence-corrected chi connectivity index (χ4v) is 2.19. The Hall–Kier alpha value is -1.26. The molecule has 1 aromatic rings. The van der Waals surface area contributed by atoms with Gasteiger partial charge in [-0.1, -0.05) is 19.4 Å². The summed E-state index contributed by atoms with van der Waals surface area (Å²) in [6.07, 6.45) is 3.12. The van der Waals surface area contributed by atoms with Gasteiger partial charge in [-0.3, -0.25) is 0 Å². The first-order valence-corrected chi connectivity index (χ1v) is 6.88. The first-order chi connectivity index (χ1) is 9.21. The number of aliphatic hydroxyl groups excluding tert-OH is 1. The van der Waals surface area contributed by atoms with Crippen LogP contribution in [0.5, 0.6) is 11.5 Å². The van der Waals surface area contributed by atoms with Crippen LogP contribution in [0, 0.1) is 5.92 Å². The number of hydrogen-bond donors (Lipinski definition) is 3. The molecular weight excluding hydrogens is 242 g/mol. The smallest absolute Gasteiger partial charge is 0.160 e. The van der Waals surface area contributed by atoms with E-state index in [-0.39, 0.29) is 12.4 Å². The van der Waals surface area contributed by atoms with Crippen LogP contribution >= 0.6 is 0 Å². The number of rotatable bonds is 9. The molecule has 108 valence electrons. The van der Waals surface area contributed by atoms with Gasteiger partial charge in [0.05, 0.1) is 7.11 Å². The van der Waals surface area contributed by atoms with Gasteiger partial charge in [0.15, 0.2) is 11.5 Å². The number of hydrogen-bond acceptors (Lipinski definition) is 4. The van der Waals surface area contributed by atoms with E-state index in [1.165, 1.54) is 0 Å². The maximum absolute atomic E-state index is 9.52. The highest BCUT2D eigenvalue weighted by Crippen LogP contribution is 2.26. The topological polar surface area (TPSA) is 61.7 Å². The van der Waals surface area contributed by atoms with E-state index in [9.17, 15) is 5.11 Å². The van der Waals surface area contributed by atoms with Crippen molar-refractivity contribution in [2.24, 2.45) is 5.92 Å². The van der Waals surface area contributed by atoms with Crippen molar-refractivity contribution in [2.45, 2.75) is 32.7 Å². The van der Waals surface area contributed by atoms with Crippen LogP contribution in [0.3, 0.4) is 0 Å². The maximum atomic E-state index is 9.52. The van der Waals surface area contributed by atoms with Crippen LogP contribution in [0.25, 0.3) is 0 Å². The molecule has 0 aliphatic carbocycles. The van der Waals surface area contributed by atoms with Crippen LogP contribution in [-0.2, 0) is 6.54 Å². The Kier molecular flexibility index (Phi) is 7.30. The van der Waals surface area contributed by atoms with Crippen LogP contribution in [0.4, 0.5) is 0 Å². The quantitative estimate of drug-likeness (QED) is 0.642. The van der Waals surface area contributed by atoms with Crippen molar-refractivity contribution in [2.75, 3.05) is 20.3 Å². The number of benzene rings is 1. The van der Waals surface area contributed by atoms with E-state index in [1.54, 1.807) is 13.2 Å². The van der Waals surface area contributed by atoms with Crippen LogP contribution in [-0.4, -0.2) is 30.5 Å². The summed E-state index contributed by atoms with van der Waals surface area (Å²) in [5, 5.41) is 21.9. The highest BCUT2D eigenvalue weighted by Gasteiger charge is 2.07. The zero-order valence-electron chi connectivity index (χ0n) is 11.9. The lowest BCUT2D eigenvalue weighted by Crippen LogP contribution is -2.23. The SMILES string of the molecule is CCCC(CCO)CNCc1ccc(O)c(OC)c1. The Morgan fingerprint density at radius 1 is 1.32 bits per heavy atom. The Morgan fingerprint density at radius 2 is 2.11 bits per heavy atom. The van der Waals surface area contributed by atoms with E-state index < -0.39 is 0 Å². The molecule has 19 heavy (non-hydrogen) atoms. The number of aromatic hydroxyl groups is 1. The normalized spacial score (nSPS) is 12.4. The molecule has 0 radical (unpaired) electrons. The summed E-state index contributed by atoms with van der Waals surface area (Å²) in [4.78, 5) is 0. The zero-order chi connectivity index (χ0) is 14.1. The predicted molar refractivity (Wildman–Crippen MR) is 76.5 cm³/mol. The Balaban J connectivity index is 2.43. The molecule has 0 aliphatic rings. The van der Waals surface area contributed by atoms with Gasteiger partial charge in [0, 0.05) is 13.2 Å². The molecule has 0 saturated heterocycles.